The lowest BCUT2D eigenvalue weighted by atomic mass is 10.1. The van der Waals surface area contributed by atoms with E-state index in [0.29, 0.717) is 41.1 Å². The van der Waals surface area contributed by atoms with Gasteiger partial charge < -0.3 is 15.2 Å². The molecule has 3 rings (SSSR count). The van der Waals surface area contributed by atoms with Crippen LogP contribution in [0, 0.1) is 0 Å². The van der Waals surface area contributed by atoms with Crippen molar-refractivity contribution in [3.05, 3.63) is 70.3 Å². The number of likely N-dealkylation sites (N-methyl/N-ethyl adjacent to an activating group) is 1. The Bertz CT molecular complexity index is 1070. The summed E-state index contributed by atoms with van der Waals surface area (Å²) in [4.78, 5) is 44.7. The third-order valence-corrected chi connectivity index (χ3v) is 4.57. The van der Waals surface area contributed by atoms with E-state index in [1.54, 1.807) is 42.5 Å². The lowest BCUT2D eigenvalue weighted by Gasteiger charge is -2.17. The van der Waals surface area contributed by atoms with Crippen LogP contribution in [0.2, 0.25) is 0 Å². The maximum atomic E-state index is 12.5. The SMILES string of the molecule is CC[NH+](CC(=O)Nc1ccccc1C(C)=O)Cc1nc2ccccc2c(=O)[nH]1. The van der Waals surface area contributed by atoms with Crippen molar-refractivity contribution in [2.45, 2.75) is 20.4 Å². The predicted molar refractivity (Wildman–Crippen MR) is 108 cm³/mol. The maximum absolute atomic E-state index is 12.5. The van der Waals surface area contributed by atoms with E-state index in [9.17, 15) is 14.4 Å². The number of quaternary nitrogens is 1. The molecule has 7 heteroatoms. The average Bonchev–Trinajstić information content (AvgIpc) is 2.67. The van der Waals surface area contributed by atoms with Crippen LogP contribution in [0.15, 0.2) is 53.3 Å². The van der Waals surface area contributed by atoms with Crippen LogP contribution in [0.25, 0.3) is 10.9 Å². The zero-order valence-corrected chi connectivity index (χ0v) is 15.9. The summed E-state index contributed by atoms with van der Waals surface area (Å²) in [6.45, 7) is 4.72. The van der Waals surface area contributed by atoms with Crippen molar-refractivity contribution >= 4 is 28.3 Å². The maximum Gasteiger partial charge on any atom is 0.279 e. The summed E-state index contributed by atoms with van der Waals surface area (Å²) in [6.07, 6.45) is 0. The molecule has 1 aromatic heterocycles. The van der Waals surface area contributed by atoms with E-state index in [4.69, 9.17) is 0 Å². The third kappa shape index (κ3) is 4.50. The van der Waals surface area contributed by atoms with Gasteiger partial charge in [-0.25, -0.2) is 4.98 Å². The number of para-hydroxylation sites is 2. The van der Waals surface area contributed by atoms with Gasteiger partial charge in [0.2, 0.25) is 0 Å². The Kier molecular flexibility index (Phi) is 5.96. The zero-order valence-electron chi connectivity index (χ0n) is 15.9. The third-order valence-electron chi connectivity index (χ3n) is 4.57. The van der Waals surface area contributed by atoms with Crippen LogP contribution >= 0.6 is 0 Å². The number of amides is 1. The molecule has 1 amide bonds. The summed E-state index contributed by atoms with van der Waals surface area (Å²) in [5.41, 5.74) is 1.44. The van der Waals surface area contributed by atoms with E-state index in [1.807, 2.05) is 13.0 Å². The number of H-pyrrole nitrogens is 1. The Morgan fingerprint density at radius 1 is 1.11 bits per heavy atom. The number of nitrogens with one attached hydrogen (secondary N) is 3. The molecule has 1 unspecified atom stereocenters. The largest absolute Gasteiger partial charge is 0.321 e. The standard InChI is InChI=1S/C21H22N4O3/c1-3-25(12-19-22-18-11-7-5-9-16(18)21(28)24-19)13-20(27)23-17-10-6-4-8-15(17)14(2)26/h4-11H,3,12-13H2,1-2H3,(H,23,27)(H,22,24,28)/p+1. The summed E-state index contributed by atoms with van der Waals surface area (Å²) in [5, 5.41) is 3.35. The molecule has 0 aliphatic carbocycles. The first-order chi connectivity index (χ1) is 13.5. The summed E-state index contributed by atoms with van der Waals surface area (Å²) in [5.74, 6) is 0.236. The lowest BCUT2D eigenvalue weighted by molar-refractivity contribution is -0.904. The van der Waals surface area contributed by atoms with E-state index in [2.05, 4.69) is 15.3 Å². The molecule has 3 aromatic rings. The molecule has 0 saturated heterocycles. The van der Waals surface area contributed by atoms with E-state index in [0.717, 1.165) is 4.90 Å². The second-order valence-corrected chi connectivity index (χ2v) is 6.64. The molecular weight excluding hydrogens is 356 g/mol. The first kappa shape index (κ1) is 19.4. The summed E-state index contributed by atoms with van der Waals surface area (Å²) < 4.78 is 0. The molecular formula is C21H23N4O3+. The molecule has 1 atom stereocenters. The van der Waals surface area contributed by atoms with Crippen LogP contribution in [-0.4, -0.2) is 34.7 Å². The highest BCUT2D eigenvalue weighted by Gasteiger charge is 2.17. The predicted octanol–water partition coefficient (Wildman–Crippen LogP) is 1.17. The first-order valence-corrected chi connectivity index (χ1v) is 9.19. The smallest absolute Gasteiger partial charge is 0.279 e. The topological polar surface area (TPSA) is 96.4 Å². The number of anilines is 1. The molecule has 0 spiro atoms. The van der Waals surface area contributed by atoms with Crippen LogP contribution in [0.3, 0.4) is 0 Å². The second kappa shape index (κ2) is 8.58. The molecule has 0 saturated carbocycles. The number of aromatic amines is 1. The fourth-order valence-electron chi connectivity index (χ4n) is 3.09. The van der Waals surface area contributed by atoms with Crippen molar-refractivity contribution in [1.82, 2.24) is 9.97 Å². The van der Waals surface area contributed by atoms with E-state index < -0.39 is 0 Å². The number of hydrogen-bond donors (Lipinski definition) is 3. The van der Waals surface area contributed by atoms with Crippen LogP contribution in [0.4, 0.5) is 5.69 Å². The molecule has 144 valence electrons. The minimum absolute atomic E-state index is 0.103. The van der Waals surface area contributed by atoms with Gasteiger partial charge in [0.15, 0.2) is 18.2 Å². The minimum Gasteiger partial charge on any atom is -0.321 e. The normalized spacial score (nSPS) is 11.9. The fourth-order valence-corrected chi connectivity index (χ4v) is 3.09. The van der Waals surface area contributed by atoms with Gasteiger partial charge in [0.1, 0.15) is 6.54 Å². The van der Waals surface area contributed by atoms with E-state index in [-0.39, 0.29) is 23.8 Å². The zero-order chi connectivity index (χ0) is 20.1. The number of fused-ring (bicyclic) bond motifs is 1. The number of Topliss-reactive ketones (excluding diaryl/α,β-unsaturated/α-hetero) is 1. The molecule has 7 nitrogen and oxygen atoms in total. The van der Waals surface area contributed by atoms with Crippen LogP contribution in [0.1, 0.15) is 30.0 Å². The van der Waals surface area contributed by atoms with Crippen molar-refractivity contribution in [2.75, 3.05) is 18.4 Å². The molecule has 0 aliphatic rings. The van der Waals surface area contributed by atoms with Gasteiger partial charge in [-0.15, -0.1) is 0 Å². The highest BCUT2D eigenvalue weighted by molar-refractivity contribution is 6.03. The number of hydrogen-bond acceptors (Lipinski definition) is 4. The number of aromatic nitrogens is 2. The Labute approximate surface area is 162 Å². The molecule has 28 heavy (non-hydrogen) atoms. The highest BCUT2D eigenvalue weighted by Crippen LogP contribution is 2.15. The molecule has 0 fully saturated rings. The van der Waals surface area contributed by atoms with Gasteiger partial charge in [-0.05, 0) is 38.1 Å². The van der Waals surface area contributed by atoms with Gasteiger partial charge in [0.25, 0.3) is 11.5 Å². The van der Waals surface area contributed by atoms with Crippen LogP contribution in [0.5, 0.6) is 0 Å². The lowest BCUT2D eigenvalue weighted by Crippen LogP contribution is -3.11. The van der Waals surface area contributed by atoms with Gasteiger partial charge in [-0.1, -0.05) is 24.3 Å². The molecule has 2 aromatic carbocycles. The molecule has 0 bridgehead atoms. The average molecular weight is 379 g/mol. The van der Waals surface area contributed by atoms with E-state index >= 15 is 0 Å². The minimum atomic E-state index is -0.200. The monoisotopic (exact) mass is 379 g/mol. The highest BCUT2D eigenvalue weighted by atomic mass is 16.2. The van der Waals surface area contributed by atoms with Crippen molar-refractivity contribution in [2.24, 2.45) is 0 Å². The number of nitrogens with zero attached hydrogens (tertiary/aromatic N) is 1. The van der Waals surface area contributed by atoms with Gasteiger partial charge in [-0.2, -0.15) is 0 Å². The Balaban J connectivity index is 1.72. The molecule has 0 aliphatic heterocycles. The van der Waals surface area contributed by atoms with Gasteiger partial charge in [-0.3, -0.25) is 14.4 Å². The van der Waals surface area contributed by atoms with Crippen molar-refractivity contribution in [1.29, 1.82) is 0 Å². The number of carbonyl (C=O) groups excluding carboxylic acids is 2. The Hall–Kier alpha value is -3.32. The van der Waals surface area contributed by atoms with Crippen LogP contribution < -0.4 is 15.8 Å². The molecule has 0 radical (unpaired) electrons. The summed E-state index contributed by atoms with van der Waals surface area (Å²) in [6, 6.07) is 14.1. The summed E-state index contributed by atoms with van der Waals surface area (Å²) in [7, 11) is 0. The Morgan fingerprint density at radius 3 is 2.57 bits per heavy atom. The number of rotatable bonds is 7. The number of ketones is 1. The first-order valence-electron chi connectivity index (χ1n) is 9.19. The van der Waals surface area contributed by atoms with Crippen molar-refractivity contribution < 1.29 is 14.5 Å². The fraction of sp³-hybridized carbons (Fsp3) is 0.238. The number of carbonyl (C=O) groups is 2. The number of benzene rings is 2. The quantitative estimate of drug-likeness (QED) is 0.537. The second-order valence-electron chi connectivity index (χ2n) is 6.64. The van der Waals surface area contributed by atoms with Crippen molar-refractivity contribution in [3.63, 3.8) is 0 Å². The van der Waals surface area contributed by atoms with Gasteiger partial charge in [0.05, 0.1) is 23.1 Å². The van der Waals surface area contributed by atoms with E-state index in [1.165, 1.54) is 6.92 Å². The van der Waals surface area contributed by atoms with Crippen LogP contribution in [-0.2, 0) is 11.3 Å². The van der Waals surface area contributed by atoms with Crippen molar-refractivity contribution in [3.8, 4) is 0 Å². The molecule has 1 heterocycles. The molecule has 3 N–H and O–H groups in total. The van der Waals surface area contributed by atoms with Gasteiger partial charge in [0, 0.05) is 5.56 Å². The Morgan fingerprint density at radius 2 is 1.82 bits per heavy atom. The summed E-state index contributed by atoms with van der Waals surface area (Å²) >= 11 is 0. The van der Waals surface area contributed by atoms with Gasteiger partial charge >= 0.3 is 0 Å².